The molecule has 1 aliphatic carbocycles. The molecule has 0 radical (unpaired) electrons. The Labute approximate surface area is 128 Å². The molecule has 112 valence electrons. The van der Waals surface area contributed by atoms with Crippen molar-refractivity contribution in [3.63, 3.8) is 0 Å². The molecular formula is C17H16N2O3. The number of nitrogens with zero attached hydrogens (tertiary/aromatic N) is 1. The summed E-state index contributed by atoms with van der Waals surface area (Å²) >= 11 is 0. The monoisotopic (exact) mass is 296 g/mol. The average Bonchev–Trinajstić information content (AvgIpc) is 2.61. The number of benzene rings is 1. The number of allylic oxidation sites excluding steroid dienone is 4. The van der Waals surface area contributed by atoms with Crippen LogP contribution in [0.25, 0.3) is 0 Å². The Balaban J connectivity index is 2.22. The molecule has 2 N–H and O–H groups in total. The maximum absolute atomic E-state index is 12.0. The van der Waals surface area contributed by atoms with Crippen molar-refractivity contribution in [2.24, 2.45) is 5.73 Å². The minimum absolute atomic E-state index is 0.374. The molecular weight excluding hydrogens is 280 g/mol. The van der Waals surface area contributed by atoms with E-state index in [2.05, 4.69) is 0 Å². The molecule has 1 unspecified atom stereocenters. The fourth-order valence-electron chi connectivity index (χ4n) is 2.79. The Bertz CT molecular complexity index is 731. The van der Waals surface area contributed by atoms with Crippen LogP contribution in [0, 0.1) is 0 Å². The molecule has 2 aliphatic rings. The van der Waals surface area contributed by atoms with E-state index >= 15 is 0 Å². The van der Waals surface area contributed by atoms with Crippen molar-refractivity contribution >= 4 is 17.7 Å². The molecule has 5 heteroatoms. The van der Waals surface area contributed by atoms with Crippen LogP contribution >= 0.6 is 0 Å². The predicted molar refractivity (Wildman–Crippen MR) is 82.9 cm³/mol. The smallest absolute Gasteiger partial charge is 0.323 e. The van der Waals surface area contributed by atoms with Crippen molar-refractivity contribution < 1.29 is 14.3 Å². The van der Waals surface area contributed by atoms with Crippen LogP contribution in [-0.4, -0.2) is 12.0 Å². The number of anilines is 1. The van der Waals surface area contributed by atoms with Crippen LogP contribution < -0.4 is 10.6 Å². The Morgan fingerprint density at radius 3 is 2.82 bits per heavy atom. The number of esters is 1. The van der Waals surface area contributed by atoms with E-state index in [0.29, 0.717) is 12.1 Å². The van der Waals surface area contributed by atoms with Crippen molar-refractivity contribution in [2.45, 2.75) is 19.4 Å². The number of rotatable bonds is 1. The maximum Gasteiger partial charge on any atom is 0.323 e. The number of nitrogens with two attached hydrogens (primary N) is 1. The summed E-state index contributed by atoms with van der Waals surface area (Å²) in [6.07, 6.45) is 7.70. The molecule has 0 saturated heterocycles. The van der Waals surface area contributed by atoms with Crippen LogP contribution in [0.2, 0.25) is 0 Å². The first-order valence-corrected chi connectivity index (χ1v) is 7.01. The van der Waals surface area contributed by atoms with Crippen molar-refractivity contribution in [3.8, 4) is 0 Å². The highest BCUT2D eigenvalue weighted by atomic mass is 16.5. The van der Waals surface area contributed by atoms with Crippen LogP contribution in [0.15, 0.2) is 59.8 Å². The largest absolute Gasteiger partial charge is 0.453 e. The van der Waals surface area contributed by atoms with Gasteiger partial charge in [-0.3, -0.25) is 9.69 Å². The first-order valence-electron chi connectivity index (χ1n) is 7.01. The first-order chi connectivity index (χ1) is 10.6. The van der Waals surface area contributed by atoms with Gasteiger partial charge in [0.15, 0.2) is 0 Å². The van der Waals surface area contributed by atoms with Gasteiger partial charge in [0.25, 0.3) is 0 Å². The van der Waals surface area contributed by atoms with Crippen molar-refractivity contribution in [1.82, 2.24) is 0 Å². The Morgan fingerprint density at radius 2 is 2.09 bits per heavy atom. The summed E-state index contributed by atoms with van der Waals surface area (Å²) in [5, 5.41) is 0. The summed E-state index contributed by atoms with van der Waals surface area (Å²) in [4.78, 5) is 24.9. The minimum atomic E-state index is -0.566. The van der Waals surface area contributed by atoms with E-state index in [9.17, 15) is 9.59 Å². The van der Waals surface area contributed by atoms with Gasteiger partial charge in [0.1, 0.15) is 6.10 Å². The summed E-state index contributed by atoms with van der Waals surface area (Å²) in [6, 6.07) is 6.73. The number of para-hydroxylation sites is 1. The second-order valence-electron chi connectivity index (χ2n) is 5.14. The van der Waals surface area contributed by atoms with Gasteiger partial charge < -0.3 is 10.5 Å². The maximum atomic E-state index is 12.0. The van der Waals surface area contributed by atoms with Gasteiger partial charge in [0.05, 0.1) is 11.4 Å². The molecule has 0 bridgehead atoms. The van der Waals surface area contributed by atoms with Gasteiger partial charge in [0, 0.05) is 12.5 Å². The highest BCUT2D eigenvalue weighted by molar-refractivity contribution is 5.97. The second-order valence-corrected chi connectivity index (χ2v) is 5.14. The van der Waals surface area contributed by atoms with Crippen LogP contribution in [0.1, 0.15) is 25.0 Å². The molecule has 0 aromatic heterocycles. The zero-order valence-corrected chi connectivity index (χ0v) is 12.2. The summed E-state index contributed by atoms with van der Waals surface area (Å²) in [7, 11) is 0. The molecule has 1 aliphatic heterocycles. The number of ether oxygens (including phenoxy) is 1. The van der Waals surface area contributed by atoms with Gasteiger partial charge >= 0.3 is 12.0 Å². The number of carbonyl (C=O) groups excluding carboxylic acids is 2. The summed E-state index contributed by atoms with van der Waals surface area (Å²) < 4.78 is 5.43. The molecule has 5 nitrogen and oxygen atoms in total. The average molecular weight is 296 g/mol. The van der Waals surface area contributed by atoms with E-state index in [-0.39, 0.29) is 5.97 Å². The number of primary amides is 1. The van der Waals surface area contributed by atoms with Crippen molar-refractivity contribution in [1.29, 1.82) is 0 Å². The summed E-state index contributed by atoms with van der Waals surface area (Å²) in [5.41, 5.74) is 8.59. The van der Waals surface area contributed by atoms with Gasteiger partial charge in [-0.15, -0.1) is 0 Å². The lowest BCUT2D eigenvalue weighted by atomic mass is 10.0. The van der Waals surface area contributed by atoms with Gasteiger partial charge in [-0.25, -0.2) is 4.79 Å². The van der Waals surface area contributed by atoms with E-state index < -0.39 is 12.1 Å². The van der Waals surface area contributed by atoms with Gasteiger partial charge in [-0.05, 0) is 30.2 Å². The molecule has 1 aromatic rings. The van der Waals surface area contributed by atoms with Crippen LogP contribution in [0.4, 0.5) is 10.5 Å². The minimum Gasteiger partial charge on any atom is -0.453 e. The third-order valence-corrected chi connectivity index (χ3v) is 3.65. The highest BCUT2D eigenvalue weighted by Crippen LogP contribution is 2.39. The number of hydrogen-bond donors (Lipinski definition) is 1. The molecule has 3 rings (SSSR count). The normalized spacial score (nSPS) is 19.3. The van der Waals surface area contributed by atoms with Crippen molar-refractivity contribution in [2.75, 3.05) is 4.90 Å². The fraction of sp³-hybridized carbons (Fsp3) is 0.176. The van der Waals surface area contributed by atoms with Gasteiger partial charge in [-0.2, -0.15) is 0 Å². The van der Waals surface area contributed by atoms with Crippen LogP contribution in [-0.2, 0) is 9.53 Å². The van der Waals surface area contributed by atoms with E-state index in [1.807, 2.05) is 42.5 Å². The summed E-state index contributed by atoms with van der Waals surface area (Å²) in [6.45, 7) is 1.37. The SMILES string of the molecule is CC(=O)OC1C=C2CC=CC=C2N(C(N)=O)c2ccccc21. The molecule has 1 heterocycles. The van der Waals surface area contributed by atoms with Crippen LogP contribution in [0.3, 0.4) is 0 Å². The van der Waals surface area contributed by atoms with Gasteiger partial charge in [0.2, 0.25) is 0 Å². The third-order valence-electron chi connectivity index (χ3n) is 3.65. The summed E-state index contributed by atoms with van der Waals surface area (Å²) in [5.74, 6) is -0.374. The number of carbonyl (C=O) groups is 2. The lowest BCUT2D eigenvalue weighted by molar-refractivity contribution is -0.144. The Morgan fingerprint density at radius 1 is 1.32 bits per heavy atom. The lowest BCUT2D eigenvalue weighted by Gasteiger charge is -2.26. The zero-order chi connectivity index (χ0) is 15.7. The number of amides is 2. The van der Waals surface area contributed by atoms with Crippen molar-refractivity contribution in [3.05, 3.63) is 65.4 Å². The Hall–Kier alpha value is -2.82. The number of urea groups is 1. The lowest BCUT2D eigenvalue weighted by Crippen LogP contribution is -2.36. The Kier molecular flexibility index (Phi) is 3.55. The molecule has 1 atom stereocenters. The van der Waals surface area contributed by atoms with E-state index in [4.69, 9.17) is 10.5 Å². The van der Waals surface area contributed by atoms with E-state index in [0.717, 1.165) is 16.8 Å². The standard InChI is InChI=1S/C17H16N2O3/c1-11(20)22-16-10-12-6-2-4-8-14(12)19(17(18)21)15-9-5-3-7-13(15)16/h2-5,7-10,16H,6H2,1H3,(H2,18,21). The quantitative estimate of drug-likeness (QED) is 0.810. The molecule has 0 fully saturated rings. The fourth-order valence-corrected chi connectivity index (χ4v) is 2.79. The molecule has 1 aromatic carbocycles. The van der Waals surface area contributed by atoms with Gasteiger partial charge in [-0.1, -0.05) is 30.4 Å². The molecule has 0 saturated carbocycles. The van der Waals surface area contributed by atoms with E-state index in [1.54, 1.807) is 6.07 Å². The first kappa shape index (κ1) is 14.1. The number of hydrogen-bond acceptors (Lipinski definition) is 3. The molecule has 22 heavy (non-hydrogen) atoms. The molecule has 0 spiro atoms. The number of fused-ring (bicyclic) bond motifs is 2. The molecule has 2 amide bonds. The highest BCUT2D eigenvalue weighted by Gasteiger charge is 2.30. The predicted octanol–water partition coefficient (Wildman–Crippen LogP) is 2.96. The zero-order valence-electron chi connectivity index (χ0n) is 12.2. The topological polar surface area (TPSA) is 72.6 Å². The van der Waals surface area contributed by atoms with E-state index in [1.165, 1.54) is 11.8 Å². The van der Waals surface area contributed by atoms with Crippen LogP contribution in [0.5, 0.6) is 0 Å². The third kappa shape index (κ3) is 2.41. The second kappa shape index (κ2) is 5.52.